The molecule has 0 saturated heterocycles. The molecule has 2 aromatic carbocycles. The first-order valence-electron chi connectivity index (χ1n) is 7.41. The summed E-state index contributed by atoms with van der Waals surface area (Å²) in [5.41, 5.74) is 4.12. The van der Waals surface area contributed by atoms with Gasteiger partial charge in [-0.1, -0.05) is 46.6 Å². The molecule has 1 aliphatic carbocycles. The van der Waals surface area contributed by atoms with Crippen LogP contribution in [0.2, 0.25) is 0 Å². The van der Waals surface area contributed by atoms with Crippen LogP contribution in [-0.2, 0) is 0 Å². The highest BCUT2D eigenvalue weighted by molar-refractivity contribution is 14.1. The molecular formula is C18H19BrIN. The molecule has 3 heteroatoms. The minimum atomic E-state index is 0.226. The normalized spacial score (nSPS) is 16.5. The molecule has 0 amide bonds. The monoisotopic (exact) mass is 455 g/mol. The van der Waals surface area contributed by atoms with Crippen molar-refractivity contribution in [3.8, 4) is 0 Å². The van der Waals surface area contributed by atoms with Crippen molar-refractivity contribution in [1.82, 2.24) is 5.32 Å². The second-order valence-corrected chi connectivity index (χ2v) is 7.78. The van der Waals surface area contributed by atoms with Gasteiger partial charge in [0, 0.05) is 8.04 Å². The maximum absolute atomic E-state index is 3.68. The molecule has 0 aromatic heterocycles. The van der Waals surface area contributed by atoms with Gasteiger partial charge in [0.2, 0.25) is 0 Å². The maximum Gasteiger partial charge on any atom is 0.0585 e. The third-order valence-electron chi connectivity index (χ3n) is 4.40. The fraction of sp³-hybridized carbons (Fsp3) is 0.333. The van der Waals surface area contributed by atoms with Gasteiger partial charge >= 0.3 is 0 Å². The van der Waals surface area contributed by atoms with Crippen molar-refractivity contribution in [2.45, 2.75) is 31.2 Å². The van der Waals surface area contributed by atoms with Crippen molar-refractivity contribution in [3.05, 3.63) is 67.2 Å². The van der Waals surface area contributed by atoms with Crippen LogP contribution in [0.4, 0.5) is 0 Å². The highest BCUT2D eigenvalue weighted by Crippen LogP contribution is 2.37. The molecule has 2 aromatic rings. The van der Waals surface area contributed by atoms with E-state index in [1.807, 2.05) is 7.05 Å². The van der Waals surface area contributed by atoms with Crippen molar-refractivity contribution in [3.63, 3.8) is 0 Å². The molecule has 0 radical (unpaired) electrons. The van der Waals surface area contributed by atoms with Crippen LogP contribution in [0.5, 0.6) is 0 Å². The van der Waals surface area contributed by atoms with Gasteiger partial charge in [0.15, 0.2) is 0 Å². The minimum Gasteiger partial charge on any atom is -0.309 e. The number of halogens is 2. The van der Waals surface area contributed by atoms with Gasteiger partial charge < -0.3 is 5.32 Å². The van der Waals surface area contributed by atoms with E-state index in [9.17, 15) is 0 Å². The van der Waals surface area contributed by atoms with Gasteiger partial charge in [0.1, 0.15) is 0 Å². The number of hydrogen-bond donors (Lipinski definition) is 1. The fourth-order valence-corrected chi connectivity index (χ4v) is 3.93. The SMILES string of the molecule is CNC(c1ccc(C2CCC2)cc1)c1cc(I)ccc1Br. The van der Waals surface area contributed by atoms with E-state index in [-0.39, 0.29) is 6.04 Å². The Hall–Kier alpha value is -0.390. The van der Waals surface area contributed by atoms with Gasteiger partial charge in [-0.3, -0.25) is 0 Å². The molecule has 1 saturated carbocycles. The molecule has 0 bridgehead atoms. The number of rotatable bonds is 4. The van der Waals surface area contributed by atoms with Crippen molar-refractivity contribution < 1.29 is 0 Å². The average Bonchev–Trinajstić information content (AvgIpc) is 2.43. The molecule has 3 rings (SSSR count). The summed E-state index contributed by atoms with van der Waals surface area (Å²) in [5, 5.41) is 3.45. The van der Waals surface area contributed by atoms with Crippen LogP contribution >= 0.6 is 38.5 Å². The smallest absolute Gasteiger partial charge is 0.0585 e. The molecule has 1 nitrogen and oxygen atoms in total. The zero-order valence-electron chi connectivity index (χ0n) is 12.1. The predicted octanol–water partition coefficient (Wildman–Crippen LogP) is 5.63. The van der Waals surface area contributed by atoms with E-state index in [1.165, 1.54) is 39.5 Å². The molecular weight excluding hydrogens is 437 g/mol. The summed E-state index contributed by atoms with van der Waals surface area (Å²) in [6.07, 6.45) is 4.11. The van der Waals surface area contributed by atoms with Gasteiger partial charge in [0.25, 0.3) is 0 Å². The Bertz CT molecular complexity index is 620. The van der Waals surface area contributed by atoms with Crippen LogP contribution in [0.25, 0.3) is 0 Å². The van der Waals surface area contributed by atoms with Gasteiger partial charge in [-0.15, -0.1) is 0 Å². The summed E-state index contributed by atoms with van der Waals surface area (Å²) in [5.74, 6) is 0.802. The Labute approximate surface area is 148 Å². The summed E-state index contributed by atoms with van der Waals surface area (Å²) in [7, 11) is 2.02. The number of benzene rings is 2. The topological polar surface area (TPSA) is 12.0 Å². The second-order valence-electron chi connectivity index (χ2n) is 5.68. The van der Waals surface area contributed by atoms with E-state index in [4.69, 9.17) is 0 Å². The van der Waals surface area contributed by atoms with E-state index in [0.717, 1.165) is 10.4 Å². The summed E-state index contributed by atoms with van der Waals surface area (Å²) in [6, 6.07) is 15.9. The lowest BCUT2D eigenvalue weighted by molar-refractivity contribution is 0.419. The molecule has 1 aliphatic rings. The summed E-state index contributed by atoms with van der Waals surface area (Å²) in [4.78, 5) is 0. The first-order valence-corrected chi connectivity index (χ1v) is 9.28. The van der Waals surface area contributed by atoms with Crippen LogP contribution < -0.4 is 5.32 Å². The Kier molecular flexibility index (Phi) is 5.02. The Morgan fingerprint density at radius 1 is 1.14 bits per heavy atom. The largest absolute Gasteiger partial charge is 0.309 e. The van der Waals surface area contributed by atoms with Gasteiger partial charge in [-0.05, 0) is 83.3 Å². The van der Waals surface area contributed by atoms with Gasteiger partial charge in [-0.2, -0.15) is 0 Å². The van der Waals surface area contributed by atoms with Crippen LogP contribution in [0.3, 0.4) is 0 Å². The average molecular weight is 456 g/mol. The second kappa shape index (κ2) is 6.80. The Morgan fingerprint density at radius 3 is 2.43 bits per heavy atom. The minimum absolute atomic E-state index is 0.226. The molecule has 21 heavy (non-hydrogen) atoms. The lowest BCUT2D eigenvalue weighted by atomic mass is 9.79. The summed E-state index contributed by atoms with van der Waals surface area (Å²) < 4.78 is 2.42. The highest BCUT2D eigenvalue weighted by atomic mass is 127. The molecule has 1 N–H and O–H groups in total. The first-order chi connectivity index (χ1) is 10.2. The molecule has 110 valence electrons. The fourth-order valence-electron chi connectivity index (χ4n) is 2.94. The van der Waals surface area contributed by atoms with Crippen molar-refractivity contribution in [2.75, 3.05) is 7.05 Å². The van der Waals surface area contributed by atoms with Crippen molar-refractivity contribution in [1.29, 1.82) is 0 Å². The van der Waals surface area contributed by atoms with E-state index in [0.29, 0.717) is 0 Å². The third-order valence-corrected chi connectivity index (χ3v) is 5.80. The summed E-state index contributed by atoms with van der Waals surface area (Å²) >= 11 is 6.05. The lowest BCUT2D eigenvalue weighted by Crippen LogP contribution is -2.18. The van der Waals surface area contributed by atoms with E-state index in [2.05, 4.69) is 86.3 Å². The maximum atomic E-state index is 3.68. The first kappa shape index (κ1) is 15.5. The van der Waals surface area contributed by atoms with Crippen molar-refractivity contribution in [2.24, 2.45) is 0 Å². The molecule has 1 fully saturated rings. The van der Waals surface area contributed by atoms with E-state index < -0.39 is 0 Å². The standard InChI is InChI=1S/C18H19BrIN/c1-21-18(16-11-15(20)9-10-17(16)19)14-7-5-13(6-8-14)12-3-2-4-12/h5-12,18,21H,2-4H2,1H3. The van der Waals surface area contributed by atoms with Crippen LogP contribution in [0.15, 0.2) is 46.9 Å². The van der Waals surface area contributed by atoms with Crippen LogP contribution in [0.1, 0.15) is 47.9 Å². The van der Waals surface area contributed by atoms with Gasteiger partial charge in [0.05, 0.1) is 6.04 Å². The van der Waals surface area contributed by atoms with Gasteiger partial charge in [-0.25, -0.2) is 0 Å². The number of nitrogens with one attached hydrogen (secondary N) is 1. The quantitative estimate of drug-likeness (QED) is 0.589. The predicted molar refractivity (Wildman–Crippen MR) is 101 cm³/mol. The summed E-state index contributed by atoms with van der Waals surface area (Å²) in [6.45, 7) is 0. The highest BCUT2D eigenvalue weighted by Gasteiger charge is 2.20. The zero-order chi connectivity index (χ0) is 14.8. The third kappa shape index (κ3) is 3.35. The molecule has 1 atom stereocenters. The molecule has 0 aliphatic heterocycles. The van der Waals surface area contributed by atoms with E-state index in [1.54, 1.807) is 0 Å². The van der Waals surface area contributed by atoms with E-state index >= 15 is 0 Å². The molecule has 0 heterocycles. The molecule has 1 unspecified atom stereocenters. The Balaban J connectivity index is 1.90. The Morgan fingerprint density at radius 2 is 1.86 bits per heavy atom. The van der Waals surface area contributed by atoms with Crippen molar-refractivity contribution >= 4 is 38.5 Å². The zero-order valence-corrected chi connectivity index (χ0v) is 15.8. The number of hydrogen-bond acceptors (Lipinski definition) is 1. The molecule has 0 spiro atoms. The lowest BCUT2D eigenvalue weighted by Gasteiger charge is -2.26. The van der Waals surface area contributed by atoms with Crippen LogP contribution in [0, 0.1) is 3.57 Å². The van der Waals surface area contributed by atoms with Crippen LogP contribution in [-0.4, -0.2) is 7.05 Å².